The highest BCUT2D eigenvalue weighted by molar-refractivity contribution is 5.53. The van der Waals surface area contributed by atoms with Gasteiger partial charge in [-0.05, 0) is 31.0 Å². The number of hydrogen-bond donors (Lipinski definition) is 2. The molecule has 108 valence electrons. The zero-order chi connectivity index (χ0) is 14.5. The van der Waals surface area contributed by atoms with Gasteiger partial charge in [0.2, 0.25) is 0 Å². The first-order valence-electron chi connectivity index (χ1n) is 7.08. The number of H-pyrrole nitrogens is 1. The van der Waals surface area contributed by atoms with Gasteiger partial charge in [0.15, 0.2) is 5.69 Å². The summed E-state index contributed by atoms with van der Waals surface area (Å²) < 4.78 is 5.89. The molecule has 0 spiro atoms. The molecule has 0 bridgehead atoms. The summed E-state index contributed by atoms with van der Waals surface area (Å²) in [5.41, 5.74) is 2.20. The Morgan fingerprint density at radius 2 is 2.38 bits per heavy atom. The van der Waals surface area contributed by atoms with Crippen molar-refractivity contribution in [2.75, 3.05) is 18.5 Å². The second-order valence-electron chi connectivity index (χ2n) is 5.10. The summed E-state index contributed by atoms with van der Waals surface area (Å²) >= 11 is 0. The molecule has 2 N–H and O–H groups in total. The predicted octanol–water partition coefficient (Wildman–Crippen LogP) is 2.26. The van der Waals surface area contributed by atoms with Crippen LogP contribution in [-0.2, 0) is 4.74 Å². The van der Waals surface area contributed by atoms with Crippen molar-refractivity contribution in [3.63, 3.8) is 0 Å². The quantitative estimate of drug-likeness (QED) is 0.898. The molecule has 0 unspecified atom stereocenters. The standard InChI is InChI=1S/C15H17N5O/c16-9-14-12(4-1-6-17-14)18-10-11-3-2-8-21-15(11)13-5-7-19-20-13/h1,4-7,11,15,18H,2-3,8,10H2,(H,19,20)/t11-,15+/m0/s1. The van der Waals surface area contributed by atoms with E-state index in [1.807, 2.05) is 18.2 Å². The van der Waals surface area contributed by atoms with E-state index in [4.69, 9.17) is 10.00 Å². The van der Waals surface area contributed by atoms with E-state index in [0.29, 0.717) is 11.6 Å². The van der Waals surface area contributed by atoms with Crippen LogP contribution in [0.1, 0.15) is 30.3 Å². The van der Waals surface area contributed by atoms with Gasteiger partial charge in [0.25, 0.3) is 0 Å². The van der Waals surface area contributed by atoms with Crippen LogP contribution in [0.4, 0.5) is 5.69 Å². The fourth-order valence-corrected chi connectivity index (χ4v) is 2.70. The maximum atomic E-state index is 9.07. The lowest BCUT2D eigenvalue weighted by Crippen LogP contribution is -2.28. The number of ether oxygens (including phenoxy) is 1. The van der Waals surface area contributed by atoms with Crippen molar-refractivity contribution in [1.29, 1.82) is 5.26 Å². The van der Waals surface area contributed by atoms with Crippen LogP contribution < -0.4 is 5.32 Å². The topological polar surface area (TPSA) is 86.6 Å². The molecule has 0 saturated carbocycles. The van der Waals surface area contributed by atoms with Crippen LogP contribution in [0.2, 0.25) is 0 Å². The van der Waals surface area contributed by atoms with E-state index in [1.54, 1.807) is 12.4 Å². The molecule has 2 atom stereocenters. The Balaban J connectivity index is 1.69. The van der Waals surface area contributed by atoms with Crippen LogP contribution in [0.3, 0.4) is 0 Å². The number of anilines is 1. The molecule has 1 aliphatic rings. The van der Waals surface area contributed by atoms with E-state index in [9.17, 15) is 0 Å². The van der Waals surface area contributed by atoms with Crippen molar-refractivity contribution in [2.45, 2.75) is 18.9 Å². The number of hydrogen-bond acceptors (Lipinski definition) is 5. The van der Waals surface area contributed by atoms with Gasteiger partial charge in [-0.25, -0.2) is 4.98 Å². The highest BCUT2D eigenvalue weighted by Crippen LogP contribution is 2.32. The lowest BCUT2D eigenvalue weighted by Gasteiger charge is -2.31. The molecule has 0 aliphatic carbocycles. The van der Waals surface area contributed by atoms with Crippen LogP contribution >= 0.6 is 0 Å². The smallest absolute Gasteiger partial charge is 0.163 e. The van der Waals surface area contributed by atoms with Gasteiger partial charge in [-0.2, -0.15) is 10.4 Å². The number of pyridine rings is 1. The third-order valence-corrected chi connectivity index (χ3v) is 3.74. The van der Waals surface area contributed by atoms with E-state index in [2.05, 4.69) is 26.6 Å². The minimum absolute atomic E-state index is 0.0240. The van der Waals surface area contributed by atoms with E-state index >= 15 is 0 Å². The van der Waals surface area contributed by atoms with Crippen molar-refractivity contribution in [3.05, 3.63) is 42.0 Å². The zero-order valence-electron chi connectivity index (χ0n) is 11.6. The molecule has 1 saturated heterocycles. The number of rotatable bonds is 4. The minimum Gasteiger partial charge on any atom is -0.382 e. The van der Waals surface area contributed by atoms with E-state index in [1.165, 1.54) is 0 Å². The van der Waals surface area contributed by atoms with Gasteiger partial charge in [0.1, 0.15) is 12.2 Å². The molecule has 21 heavy (non-hydrogen) atoms. The van der Waals surface area contributed by atoms with Gasteiger partial charge in [0, 0.05) is 31.5 Å². The fourth-order valence-electron chi connectivity index (χ4n) is 2.70. The third kappa shape index (κ3) is 3.03. The Hall–Kier alpha value is -2.39. The molecule has 0 amide bonds. The fraction of sp³-hybridized carbons (Fsp3) is 0.400. The Labute approximate surface area is 123 Å². The molecule has 2 aromatic heterocycles. The average molecular weight is 283 g/mol. The van der Waals surface area contributed by atoms with Crippen molar-refractivity contribution in [1.82, 2.24) is 15.2 Å². The van der Waals surface area contributed by atoms with E-state index < -0.39 is 0 Å². The molecule has 3 heterocycles. The predicted molar refractivity (Wildman–Crippen MR) is 77.4 cm³/mol. The van der Waals surface area contributed by atoms with Gasteiger partial charge in [0.05, 0.1) is 11.4 Å². The van der Waals surface area contributed by atoms with Gasteiger partial charge >= 0.3 is 0 Å². The maximum absolute atomic E-state index is 9.07. The second-order valence-corrected chi connectivity index (χ2v) is 5.10. The monoisotopic (exact) mass is 283 g/mol. The third-order valence-electron chi connectivity index (χ3n) is 3.74. The molecule has 6 heteroatoms. The van der Waals surface area contributed by atoms with E-state index in [0.717, 1.165) is 37.4 Å². The number of aromatic nitrogens is 3. The highest BCUT2D eigenvalue weighted by Gasteiger charge is 2.28. The Kier molecular flexibility index (Phi) is 4.12. The van der Waals surface area contributed by atoms with Crippen LogP contribution in [-0.4, -0.2) is 28.3 Å². The van der Waals surface area contributed by atoms with Crippen molar-refractivity contribution < 1.29 is 4.74 Å². The summed E-state index contributed by atoms with van der Waals surface area (Å²) in [7, 11) is 0. The highest BCUT2D eigenvalue weighted by atomic mass is 16.5. The first-order valence-corrected chi connectivity index (χ1v) is 7.08. The number of nitrogens with one attached hydrogen (secondary N) is 2. The van der Waals surface area contributed by atoms with Crippen LogP contribution in [0, 0.1) is 17.2 Å². The molecule has 6 nitrogen and oxygen atoms in total. The normalized spacial score (nSPS) is 21.7. The average Bonchev–Trinajstić information content (AvgIpc) is 3.08. The molecule has 0 radical (unpaired) electrons. The molecular formula is C15H17N5O. The van der Waals surface area contributed by atoms with Crippen molar-refractivity contribution >= 4 is 5.69 Å². The SMILES string of the molecule is N#Cc1ncccc1NC[C@@H]1CCCO[C@H]1c1ccn[nH]1. The molecule has 2 aromatic rings. The van der Waals surface area contributed by atoms with Gasteiger partial charge < -0.3 is 10.1 Å². The van der Waals surface area contributed by atoms with E-state index in [-0.39, 0.29) is 6.10 Å². The second kappa shape index (κ2) is 6.37. The van der Waals surface area contributed by atoms with Gasteiger partial charge in [-0.15, -0.1) is 0 Å². The largest absolute Gasteiger partial charge is 0.382 e. The summed E-state index contributed by atoms with van der Waals surface area (Å²) in [5, 5.41) is 19.4. The Morgan fingerprint density at radius 1 is 1.43 bits per heavy atom. The van der Waals surface area contributed by atoms with Crippen LogP contribution in [0.15, 0.2) is 30.6 Å². The molecule has 3 rings (SSSR count). The summed E-state index contributed by atoms with van der Waals surface area (Å²) in [4.78, 5) is 4.06. The lowest BCUT2D eigenvalue weighted by atomic mass is 9.92. The summed E-state index contributed by atoms with van der Waals surface area (Å²) in [6.45, 7) is 1.51. The summed E-state index contributed by atoms with van der Waals surface area (Å²) in [6, 6.07) is 7.75. The van der Waals surface area contributed by atoms with Crippen LogP contribution in [0.25, 0.3) is 0 Å². The Morgan fingerprint density at radius 3 is 3.19 bits per heavy atom. The first kappa shape index (κ1) is 13.6. The summed E-state index contributed by atoms with van der Waals surface area (Å²) in [6.07, 6.45) is 5.53. The lowest BCUT2D eigenvalue weighted by molar-refractivity contribution is -0.0263. The maximum Gasteiger partial charge on any atom is 0.163 e. The Bertz CT molecular complexity index is 619. The summed E-state index contributed by atoms with van der Waals surface area (Å²) in [5.74, 6) is 0.339. The molecular weight excluding hydrogens is 266 g/mol. The van der Waals surface area contributed by atoms with Crippen LogP contribution in [0.5, 0.6) is 0 Å². The zero-order valence-corrected chi connectivity index (χ0v) is 11.6. The molecule has 0 aromatic carbocycles. The molecule has 1 fully saturated rings. The first-order chi connectivity index (χ1) is 10.4. The minimum atomic E-state index is 0.0240. The number of nitriles is 1. The molecule has 1 aliphatic heterocycles. The van der Waals surface area contributed by atoms with Crippen molar-refractivity contribution in [2.24, 2.45) is 5.92 Å². The number of aromatic amines is 1. The van der Waals surface area contributed by atoms with Crippen molar-refractivity contribution in [3.8, 4) is 6.07 Å². The van der Waals surface area contributed by atoms with Gasteiger partial charge in [-0.1, -0.05) is 0 Å². The number of nitrogens with zero attached hydrogens (tertiary/aromatic N) is 3. The van der Waals surface area contributed by atoms with Gasteiger partial charge in [-0.3, -0.25) is 5.10 Å².